The summed E-state index contributed by atoms with van der Waals surface area (Å²) in [5, 5.41) is 8.74. The standard InChI is InChI=1S/C11H15N/c1-8(2)10(5)6-11(7-12)9(3)4/h6H,1H2,2-5H3/b10-6-. The second kappa shape index (κ2) is 4.56. The molecule has 0 aromatic carbocycles. The van der Waals surface area contributed by atoms with Crippen LogP contribution < -0.4 is 0 Å². The van der Waals surface area contributed by atoms with Gasteiger partial charge in [0, 0.05) is 0 Å². The predicted molar refractivity (Wildman–Crippen MR) is 52.6 cm³/mol. The molecule has 0 amide bonds. The third-order valence-electron chi connectivity index (χ3n) is 1.69. The van der Waals surface area contributed by atoms with E-state index in [0.29, 0.717) is 0 Å². The highest BCUT2D eigenvalue weighted by Crippen LogP contribution is 2.11. The minimum absolute atomic E-state index is 0.732. The molecule has 0 saturated carbocycles. The molecule has 0 bridgehead atoms. The summed E-state index contributed by atoms with van der Waals surface area (Å²) in [5.41, 5.74) is 3.84. The summed E-state index contributed by atoms with van der Waals surface area (Å²) < 4.78 is 0. The Balaban J connectivity index is 4.88. The van der Waals surface area contributed by atoms with Crippen LogP contribution in [-0.4, -0.2) is 0 Å². The van der Waals surface area contributed by atoms with Gasteiger partial charge in [0.15, 0.2) is 0 Å². The molecule has 1 heteroatoms. The Bertz CT molecular complexity index is 281. The molecule has 0 unspecified atom stereocenters. The maximum absolute atomic E-state index is 8.74. The van der Waals surface area contributed by atoms with Crippen molar-refractivity contribution in [2.24, 2.45) is 0 Å². The van der Waals surface area contributed by atoms with Gasteiger partial charge in [-0.15, -0.1) is 0 Å². The van der Waals surface area contributed by atoms with Crippen LogP contribution in [0.3, 0.4) is 0 Å². The highest BCUT2D eigenvalue weighted by molar-refractivity contribution is 5.42. The first-order valence-corrected chi connectivity index (χ1v) is 3.90. The molecule has 0 aliphatic heterocycles. The van der Waals surface area contributed by atoms with Crippen LogP contribution in [0.2, 0.25) is 0 Å². The lowest BCUT2D eigenvalue weighted by atomic mass is 10.1. The molecule has 0 atom stereocenters. The van der Waals surface area contributed by atoms with E-state index < -0.39 is 0 Å². The van der Waals surface area contributed by atoms with E-state index in [4.69, 9.17) is 5.26 Å². The summed E-state index contributed by atoms with van der Waals surface area (Å²) >= 11 is 0. The van der Waals surface area contributed by atoms with E-state index >= 15 is 0 Å². The van der Waals surface area contributed by atoms with Gasteiger partial charge in [-0.05, 0) is 39.3 Å². The largest absolute Gasteiger partial charge is 0.192 e. The summed E-state index contributed by atoms with van der Waals surface area (Å²) in [6.45, 7) is 11.6. The maximum atomic E-state index is 8.74. The number of rotatable bonds is 2. The lowest BCUT2D eigenvalue weighted by Gasteiger charge is -1.99. The van der Waals surface area contributed by atoms with Gasteiger partial charge in [-0.1, -0.05) is 17.7 Å². The summed E-state index contributed by atoms with van der Waals surface area (Å²) in [5.74, 6) is 0. The van der Waals surface area contributed by atoms with Gasteiger partial charge in [0.25, 0.3) is 0 Å². The van der Waals surface area contributed by atoms with E-state index in [9.17, 15) is 0 Å². The predicted octanol–water partition coefficient (Wildman–Crippen LogP) is 3.37. The third kappa shape index (κ3) is 3.21. The van der Waals surface area contributed by atoms with Gasteiger partial charge < -0.3 is 0 Å². The van der Waals surface area contributed by atoms with Gasteiger partial charge in [0.05, 0.1) is 11.6 Å². The molecule has 0 radical (unpaired) electrons. The van der Waals surface area contributed by atoms with Gasteiger partial charge >= 0.3 is 0 Å². The maximum Gasteiger partial charge on any atom is 0.0991 e. The average Bonchev–Trinajstić information content (AvgIpc) is 1.98. The Morgan fingerprint density at radius 3 is 2.00 bits per heavy atom. The topological polar surface area (TPSA) is 23.8 Å². The average molecular weight is 161 g/mol. The summed E-state index contributed by atoms with van der Waals surface area (Å²) in [6.07, 6.45) is 1.87. The summed E-state index contributed by atoms with van der Waals surface area (Å²) in [6, 6.07) is 2.15. The Morgan fingerprint density at radius 1 is 1.25 bits per heavy atom. The molecule has 0 saturated heterocycles. The van der Waals surface area contributed by atoms with Crippen molar-refractivity contribution in [3.8, 4) is 6.07 Å². The number of nitriles is 1. The molecule has 64 valence electrons. The van der Waals surface area contributed by atoms with E-state index in [0.717, 1.165) is 22.3 Å². The molecular weight excluding hydrogens is 146 g/mol. The number of nitrogens with zero attached hydrogens (tertiary/aromatic N) is 1. The van der Waals surface area contributed by atoms with E-state index in [1.165, 1.54) is 0 Å². The molecule has 0 aliphatic rings. The van der Waals surface area contributed by atoms with Crippen molar-refractivity contribution in [2.45, 2.75) is 27.7 Å². The van der Waals surface area contributed by atoms with Crippen LogP contribution in [0.15, 0.2) is 34.9 Å². The highest BCUT2D eigenvalue weighted by atomic mass is 14.2. The van der Waals surface area contributed by atoms with Crippen molar-refractivity contribution >= 4 is 0 Å². The molecule has 0 rings (SSSR count). The van der Waals surface area contributed by atoms with E-state index in [-0.39, 0.29) is 0 Å². The molecule has 0 heterocycles. The molecule has 12 heavy (non-hydrogen) atoms. The molecule has 0 aromatic rings. The van der Waals surface area contributed by atoms with Crippen LogP contribution in [0.1, 0.15) is 27.7 Å². The Hall–Kier alpha value is -1.29. The lowest BCUT2D eigenvalue weighted by Crippen LogP contribution is -1.82. The fourth-order valence-corrected chi connectivity index (χ4v) is 0.628. The molecular formula is C11H15N. The van der Waals surface area contributed by atoms with Gasteiger partial charge in [-0.2, -0.15) is 5.26 Å². The zero-order valence-corrected chi connectivity index (χ0v) is 8.23. The van der Waals surface area contributed by atoms with Crippen LogP contribution in [0, 0.1) is 11.3 Å². The first-order valence-electron chi connectivity index (χ1n) is 3.90. The van der Waals surface area contributed by atoms with Gasteiger partial charge in [-0.3, -0.25) is 0 Å². The number of allylic oxidation sites excluding steroid dienone is 5. The first kappa shape index (κ1) is 10.7. The molecule has 0 fully saturated rings. The van der Waals surface area contributed by atoms with E-state index in [2.05, 4.69) is 12.6 Å². The second-order valence-corrected chi connectivity index (χ2v) is 3.13. The zero-order chi connectivity index (χ0) is 9.72. The van der Waals surface area contributed by atoms with Crippen molar-refractivity contribution in [2.75, 3.05) is 0 Å². The zero-order valence-electron chi connectivity index (χ0n) is 8.23. The second-order valence-electron chi connectivity index (χ2n) is 3.13. The van der Waals surface area contributed by atoms with Crippen LogP contribution >= 0.6 is 0 Å². The van der Waals surface area contributed by atoms with Crippen LogP contribution in [-0.2, 0) is 0 Å². The smallest absolute Gasteiger partial charge is 0.0991 e. The SMILES string of the molecule is C=C(C)/C(C)=C\C(C#N)=C(C)C. The normalized spacial score (nSPS) is 10.4. The Morgan fingerprint density at radius 2 is 1.75 bits per heavy atom. The van der Waals surface area contributed by atoms with Crippen molar-refractivity contribution in [1.82, 2.24) is 0 Å². The van der Waals surface area contributed by atoms with E-state index in [1.807, 2.05) is 33.8 Å². The minimum Gasteiger partial charge on any atom is -0.192 e. The molecule has 0 aromatic heterocycles. The fraction of sp³-hybridized carbons (Fsp3) is 0.364. The summed E-state index contributed by atoms with van der Waals surface area (Å²) in [4.78, 5) is 0. The van der Waals surface area contributed by atoms with Gasteiger partial charge in [0.2, 0.25) is 0 Å². The summed E-state index contributed by atoms with van der Waals surface area (Å²) in [7, 11) is 0. The molecule has 1 nitrogen and oxygen atoms in total. The van der Waals surface area contributed by atoms with Crippen molar-refractivity contribution < 1.29 is 0 Å². The Kier molecular flexibility index (Phi) is 4.07. The van der Waals surface area contributed by atoms with Crippen molar-refractivity contribution in [3.05, 3.63) is 34.9 Å². The molecule has 0 N–H and O–H groups in total. The fourth-order valence-electron chi connectivity index (χ4n) is 0.628. The third-order valence-corrected chi connectivity index (χ3v) is 1.69. The first-order chi connectivity index (χ1) is 5.49. The minimum atomic E-state index is 0.732. The van der Waals surface area contributed by atoms with Crippen molar-refractivity contribution in [1.29, 1.82) is 5.26 Å². The van der Waals surface area contributed by atoms with Gasteiger partial charge in [-0.25, -0.2) is 0 Å². The van der Waals surface area contributed by atoms with Crippen LogP contribution in [0.4, 0.5) is 0 Å². The van der Waals surface area contributed by atoms with Gasteiger partial charge in [0.1, 0.15) is 0 Å². The monoisotopic (exact) mass is 161 g/mol. The van der Waals surface area contributed by atoms with Crippen LogP contribution in [0.25, 0.3) is 0 Å². The number of hydrogen-bond donors (Lipinski definition) is 0. The molecule has 0 aliphatic carbocycles. The quantitative estimate of drug-likeness (QED) is 0.450. The van der Waals surface area contributed by atoms with Crippen molar-refractivity contribution in [3.63, 3.8) is 0 Å². The molecule has 0 spiro atoms. The highest BCUT2D eigenvalue weighted by Gasteiger charge is 1.95. The Labute approximate surface area is 74.7 Å². The lowest BCUT2D eigenvalue weighted by molar-refractivity contribution is 1.30. The van der Waals surface area contributed by atoms with E-state index in [1.54, 1.807) is 0 Å². The number of hydrogen-bond acceptors (Lipinski definition) is 1. The van der Waals surface area contributed by atoms with Crippen LogP contribution in [0.5, 0.6) is 0 Å².